The summed E-state index contributed by atoms with van der Waals surface area (Å²) < 4.78 is 19.4. The van der Waals surface area contributed by atoms with Gasteiger partial charge in [-0.1, -0.05) is 13.0 Å². The molecule has 154 valence electrons. The van der Waals surface area contributed by atoms with Crippen molar-refractivity contribution in [2.24, 2.45) is 11.3 Å². The zero-order chi connectivity index (χ0) is 20.4. The molecule has 0 aliphatic carbocycles. The predicted molar refractivity (Wildman–Crippen MR) is 114 cm³/mol. The topological polar surface area (TPSA) is 25.4 Å². The van der Waals surface area contributed by atoms with Crippen molar-refractivity contribution < 1.29 is 9.13 Å². The molecule has 0 bridgehead atoms. The first-order valence-corrected chi connectivity index (χ1v) is 11.1. The van der Waals surface area contributed by atoms with Gasteiger partial charge in [-0.3, -0.25) is 9.88 Å². The molecule has 2 atom stereocenters. The van der Waals surface area contributed by atoms with Crippen LogP contribution < -0.4 is 0 Å². The highest BCUT2D eigenvalue weighted by Gasteiger charge is 2.48. The van der Waals surface area contributed by atoms with E-state index in [1.54, 1.807) is 6.07 Å². The van der Waals surface area contributed by atoms with Gasteiger partial charge in [-0.2, -0.15) is 4.39 Å². The minimum Gasteiger partial charge on any atom is -0.381 e. The van der Waals surface area contributed by atoms with Crippen LogP contribution in [0.1, 0.15) is 50.3 Å². The summed E-state index contributed by atoms with van der Waals surface area (Å²) in [5.41, 5.74) is 2.30. The van der Waals surface area contributed by atoms with Crippen LogP contribution >= 0.6 is 11.3 Å². The average Bonchev–Trinajstić information content (AvgIpc) is 3.23. The number of nitrogens with zero attached hydrogens (tertiary/aromatic N) is 2. The lowest BCUT2D eigenvalue weighted by Gasteiger charge is -2.38. The van der Waals surface area contributed by atoms with Gasteiger partial charge in [0.25, 0.3) is 0 Å². The number of halogens is 1. The Morgan fingerprint density at radius 1 is 1.32 bits per heavy atom. The van der Waals surface area contributed by atoms with E-state index in [0.717, 1.165) is 49.7 Å². The van der Waals surface area contributed by atoms with Gasteiger partial charge >= 0.3 is 0 Å². The van der Waals surface area contributed by atoms with Crippen molar-refractivity contribution in [1.82, 2.24) is 9.88 Å². The van der Waals surface area contributed by atoms with Crippen molar-refractivity contribution in [3.63, 3.8) is 0 Å². The van der Waals surface area contributed by atoms with Gasteiger partial charge in [-0.05, 0) is 70.2 Å². The van der Waals surface area contributed by atoms with E-state index in [1.807, 2.05) is 19.2 Å². The van der Waals surface area contributed by atoms with Crippen LogP contribution in [0, 0.1) is 23.4 Å². The zero-order valence-electron chi connectivity index (χ0n) is 17.8. The quantitative estimate of drug-likeness (QED) is 0.586. The van der Waals surface area contributed by atoms with Gasteiger partial charge < -0.3 is 4.74 Å². The Bertz CT molecular complexity index is 773. The first-order valence-electron chi connectivity index (χ1n) is 10.3. The standard InChI is InChI=1S/C23H33FN2OS/c1-6-27-16-23(12-11-20-9-10-21(24)28-20)15-26(14-17(23)2)22(4,5)19-8-7-18(3)25-13-19/h7-10,13,17H,6,11-12,14-16H2,1-5H3. The van der Waals surface area contributed by atoms with Gasteiger partial charge in [0.2, 0.25) is 0 Å². The normalized spacial score (nSPS) is 23.4. The third-order valence-corrected chi connectivity index (χ3v) is 7.48. The van der Waals surface area contributed by atoms with Crippen LogP contribution in [-0.4, -0.2) is 36.2 Å². The van der Waals surface area contributed by atoms with Crippen LogP contribution in [0.5, 0.6) is 0 Å². The fraction of sp³-hybridized carbons (Fsp3) is 0.609. The number of hydrogen-bond donors (Lipinski definition) is 0. The summed E-state index contributed by atoms with van der Waals surface area (Å²) in [7, 11) is 0. The summed E-state index contributed by atoms with van der Waals surface area (Å²) in [4.78, 5) is 8.22. The number of hydrogen-bond acceptors (Lipinski definition) is 4. The van der Waals surface area contributed by atoms with E-state index in [4.69, 9.17) is 4.74 Å². The molecule has 2 aromatic heterocycles. The summed E-state index contributed by atoms with van der Waals surface area (Å²) in [6.07, 6.45) is 3.94. The summed E-state index contributed by atoms with van der Waals surface area (Å²) in [5.74, 6) is 0.515. The molecule has 2 aromatic rings. The van der Waals surface area contributed by atoms with Crippen LogP contribution in [0.4, 0.5) is 4.39 Å². The van der Waals surface area contributed by atoms with Crippen molar-refractivity contribution in [3.05, 3.63) is 51.7 Å². The highest BCUT2D eigenvalue weighted by atomic mass is 32.1. The molecule has 28 heavy (non-hydrogen) atoms. The van der Waals surface area contributed by atoms with Crippen LogP contribution in [0.25, 0.3) is 0 Å². The molecular weight excluding hydrogens is 371 g/mol. The lowest BCUT2D eigenvalue weighted by Crippen LogP contribution is -2.42. The molecule has 0 radical (unpaired) electrons. The van der Waals surface area contributed by atoms with Crippen LogP contribution in [0.15, 0.2) is 30.5 Å². The minimum absolute atomic E-state index is 0.0854. The van der Waals surface area contributed by atoms with Crippen LogP contribution in [0.3, 0.4) is 0 Å². The van der Waals surface area contributed by atoms with E-state index >= 15 is 0 Å². The average molecular weight is 405 g/mol. The number of pyridine rings is 1. The van der Waals surface area contributed by atoms with E-state index in [-0.39, 0.29) is 16.1 Å². The summed E-state index contributed by atoms with van der Waals surface area (Å²) in [5, 5.41) is -0.0945. The van der Waals surface area contributed by atoms with Gasteiger partial charge in [0.1, 0.15) is 0 Å². The second-order valence-corrected chi connectivity index (χ2v) is 9.85. The van der Waals surface area contributed by atoms with Crippen molar-refractivity contribution in [3.8, 4) is 0 Å². The Labute approximate surface area is 172 Å². The number of aryl methyl sites for hydroxylation is 2. The largest absolute Gasteiger partial charge is 0.381 e. The Morgan fingerprint density at radius 3 is 2.71 bits per heavy atom. The first kappa shape index (κ1) is 21.4. The Hall–Kier alpha value is -1.30. The van der Waals surface area contributed by atoms with E-state index in [0.29, 0.717) is 5.92 Å². The lowest BCUT2D eigenvalue weighted by molar-refractivity contribution is 0.0237. The van der Waals surface area contributed by atoms with Gasteiger partial charge in [0, 0.05) is 47.4 Å². The number of thiophene rings is 1. The molecule has 0 amide bonds. The molecule has 3 nitrogen and oxygen atoms in total. The maximum absolute atomic E-state index is 13.4. The third kappa shape index (κ3) is 4.47. The lowest BCUT2D eigenvalue weighted by atomic mass is 9.76. The van der Waals surface area contributed by atoms with Gasteiger partial charge in [0.15, 0.2) is 5.13 Å². The second-order valence-electron chi connectivity index (χ2n) is 8.73. The van der Waals surface area contributed by atoms with E-state index in [9.17, 15) is 4.39 Å². The van der Waals surface area contributed by atoms with E-state index < -0.39 is 0 Å². The fourth-order valence-corrected chi connectivity index (χ4v) is 5.04. The molecule has 3 rings (SSSR count). The molecule has 0 spiro atoms. The first-order chi connectivity index (χ1) is 13.3. The summed E-state index contributed by atoms with van der Waals surface area (Å²) in [6.45, 7) is 14.5. The molecule has 0 aromatic carbocycles. The molecule has 1 aliphatic heterocycles. The summed E-state index contributed by atoms with van der Waals surface area (Å²) >= 11 is 1.27. The molecule has 1 aliphatic rings. The Balaban J connectivity index is 1.79. The zero-order valence-corrected chi connectivity index (χ0v) is 18.6. The van der Waals surface area contributed by atoms with Gasteiger partial charge in [-0.25, -0.2) is 0 Å². The Kier molecular flexibility index (Phi) is 6.58. The minimum atomic E-state index is -0.0945. The highest BCUT2D eigenvalue weighted by molar-refractivity contribution is 7.10. The number of ether oxygens (including phenoxy) is 1. The van der Waals surface area contributed by atoms with Crippen molar-refractivity contribution >= 4 is 11.3 Å². The molecular formula is C23H33FN2OS. The Morgan fingerprint density at radius 2 is 2.11 bits per heavy atom. The predicted octanol–water partition coefficient (Wildman–Crippen LogP) is 5.43. The molecule has 3 heterocycles. The third-order valence-electron chi connectivity index (χ3n) is 6.55. The number of rotatable bonds is 8. The van der Waals surface area contributed by atoms with Gasteiger partial charge in [-0.15, -0.1) is 11.3 Å². The van der Waals surface area contributed by atoms with Crippen molar-refractivity contribution in [1.29, 1.82) is 0 Å². The fourth-order valence-electron chi connectivity index (χ4n) is 4.31. The molecule has 0 N–H and O–H groups in total. The SMILES string of the molecule is CCOCC1(CCc2ccc(F)s2)CN(C(C)(C)c2ccc(C)nc2)CC1C. The molecule has 2 unspecified atom stereocenters. The van der Waals surface area contributed by atoms with Crippen molar-refractivity contribution in [2.75, 3.05) is 26.3 Å². The second kappa shape index (κ2) is 8.60. The van der Waals surface area contributed by atoms with E-state index in [2.05, 4.69) is 49.7 Å². The van der Waals surface area contributed by atoms with Crippen LogP contribution in [0.2, 0.25) is 0 Å². The maximum Gasteiger partial charge on any atom is 0.176 e. The number of aromatic nitrogens is 1. The highest BCUT2D eigenvalue weighted by Crippen LogP contribution is 2.45. The van der Waals surface area contributed by atoms with Crippen LogP contribution in [-0.2, 0) is 16.7 Å². The molecule has 1 fully saturated rings. The summed E-state index contributed by atoms with van der Waals surface area (Å²) in [6, 6.07) is 7.79. The molecule has 5 heteroatoms. The number of likely N-dealkylation sites (tertiary alicyclic amines) is 1. The van der Waals surface area contributed by atoms with Gasteiger partial charge in [0.05, 0.1) is 6.61 Å². The van der Waals surface area contributed by atoms with Crippen molar-refractivity contribution in [2.45, 2.75) is 53.0 Å². The maximum atomic E-state index is 13.4. The monoisotopic (exact) mass is 404 g/mol. The molecule has 1 saturated heterocycles. The smallest absolute Gasteiger partial charge is 0.176 e. The van der Waals surface area contributed by atoms with E-state index in [1.165, 1.54) is 16.9 Å². The molecule has 0 saturated carbocycles.